The quantitative estimate of drug-likeness (QED) is 0.934. The number of imidazole rings is 1. The smallest absolute Gasteiger partial charge is 0.273 e. The van der Waals surface area contributed by atoms with Crippen molar-refractivity contribution in [2.24, 2.45) is 0 Å². The van der Waals surface area contributed by atoms with Crippen molar-refractivity contribution in [1.29, 1.82) is 0 Å². The largest absolute Gasteiger partial charge is 0.345 e. The van der Waals surface area contributed by atoms with Crippen LogP contribution in [0.5, 0.6) is 0 Å². The average molecular weight is 305 g/mol. The molecule has 0 radical (unpaired) electrons. The van der Waals surface area contributed by atoms with Gasteiger partial charge in [-0.3, -0.25) is 9.69 Å². The number of aryl methyl sites for hydroxylation is 1. The van der Waals surface area contributed by atoms with Gasteiger partial charge in [-0.05, 0) is 13.3 Å². The third-order valence-corrected chi connectivity index (χ3v) is 4.24. The molecule has 0 saturated carbocycles. The standard InChI is InChI=1S/C14H19N5OS/c1-11-7-15-13(17-11)8-18-3-2-4-19(6-5-18)14(20)12-9-21-10-16-12/h7,9-10H,2-6,8H2,1H3,(H,15,17). The average Bonchev–Trinajstić information content (AvgIpc) is 3.08. The Balaban J connectivity index is 1.58. The summed E-state index contributed by atoms with van der Waals surface area (Å²) >= 11 is 1.46. The van der Waals surface area contributed by atoms with Crippen molar-refractivity contribution in [3.05, 3.63) is 34.3 Å². The maximum absolute atomic E-state index is 12.3. The molecule has 7 heteroatoms. The minimum Gasteiger partial charge on any atom is -0.345 e. The van der Waals surface area contributed by atoms with Crippen LogP contribution >= 0.6 is 11.3 Å². The van der Waals surface area contributed by atoms with Crippen LogP contribution in [0.1, 0.15) is 28.4 Å². The normalized spacial score (nSPS) is 16.9. The van der Waals surface area contributed by atoms with Crippen molar-refractivity contribution in [3.8, 4) is 0 Å². The predicted molar refractivity (Wildman–Crippen MR) is 81.2 cm³/mol. The van der Waals surface area contributed by atoms with E-state index in [1.807, 2.05) is 23.4 Å². The van der Waals surface area contributed by atoms with Gasteiger partial charge in [0, 0.05) is 43.4 Å². The van der Waals surface area contributed by atoms with Gasteiger partial charge >= 0.3 is 0 Å². The monoisotopic (exact) mass is 305 g/mol. The molecule has 3 heterocycles. The molecule has 21 heavy (non-hydrogen) atoms. The molecule has 112 valence electrons. The van der Waals surface area contributed by atoms with Crippen molar-refractivity contribution >= 4 is 17.2 Å². The molecule has 1 fully saturated rings. The minimum absolute atomic E-state index is 0.0481. The first-order chi connectivity index (χ1) is 10.2. The van der Waals surface area contributed by atoms with Crippen LogP contribution < -0.4 is 0 Å². The molecular formula is C14H19N5OS. The number of hydrogen-bond acceptors (Lipinski definition) is 5. The van der Waals surface area contributed by atoms with Crippen LogP contribution in [0.4, 0.5) is 0 Å². The van der Waals surface area contributed by atoms with E-state index >= 15 is 0 Å². The minimum atomic E-state index is 0.0481. The van der Waals surface area contributed by atoms with E-state index in [0.29, 0.717) is 5.69 Å². The zero-order valence-electron chi connectivity index (χ0n) is 12.1. The predicted octanol–water partition coefficient (Wildman–Crippen LogP) is 1.52. The molecule has 2 aromatic heterocycles. The second-order valence-corrected chi connectivity index (χ2v) is 6.03. The molecule has 1 N–H and O–H groups in total. The Morgan fingerprint density at radius 1 is 1.33 bits per heavy atom. The summed E-state index contributed by atoms with van der Waals surface area (Å²) in [6, 6.07) is 0. The van der Waals surface area contributed by atoms with Gasteiger partial charge in [-0.15, -0.1) is 11.3 Å². The number of hydrogen-bond donors (Lipinski definition) is 1. The maximum atomic E-state index is 12.3. The van der Waals surface area contributed by atoms with Gasteiger partial charge in [0.05, 0.1) is 12.1 Å². The van der Waals surface area contributed by atoms with Crippen LogP contribution in [0.2, 0.25) is 0 Å². The second-order valence-electron chi connectivity index (χ2n) is 5.31. The summed E-state index contributed by atoms with van der Waals surface area (Å²) in [5.74, 6) is 1.04. The Bertz CT molecular complexity index is 594. The van der Waals surface area contributed by atoms with Crippen molar-refractivity contribution in [2.75, 3.05) is 26.2 Å². The van der Waals surface area contributed by atoms with Crippen LogP contribution in [0, 0.1) is 6.92 Å². The number of carbonyl (C=O) groups excluding carboxylic acids is 1. The lowest BCUT2D eigenvalue weighted by Crippen LogP contribution is -2.35. The van der Waals surface area contributed by atoms with Crippen molar-refractivity contribution < 1.29 is 4.79 Å². The van der Waals surface area contributed by atoms with Gasteiger partial charge in [0.15, 0.2) is 0 Å². The molecule has 1 amide bonds. The number of aromatic nitrogens is 3. The zero-order valence-corrected chi connectivity index (χ0v) is 12.9. The molecule has 2 aromatic rings. The van der Waals surface area contributed by atoms with Crippen LogP contribution in [-0.2, 0) is 6.54 Å². The van der Waals surface area contributed by atoms with Crippen LogP contribution in [0.15, 0.2) is 17.1 Å². The molecule has 0 spiro atoms. The molecule has 0 aliphatic carbocycles. The Hall–Kier alpha value is -1.73. The van der Waals surface area contributed by atoms with Gasteiger partial charge in [0.25, 0.3) is 5.91 Å². The highest BCUT2D eigenvalue weighted by Gasteiger charge is 2.21. The Labute approximate surface area is 127 Å². The van der Waals surface area contributed by atoms with E-state index in [4.69, 9.17) is 0 Å². The third-order valence-electron chi connectivity index (χ3n) is 3.66. The molecule has 0 unspecified atom stereocenters. The summed E-state index contributed by atoms with van der Waals surface area (Å²) in [5.41, 5.74) is 3.35. The molecule has 3 rings (SSSR count). The van der Waals surface area contributed by atoms with Crippen molar-refractivity contribution in [3.63, 3.8) is 0 Å². The van der Waals surface area contributed by atoms with E-state index in [1.165, 1.54) is 11.3 Å². The summed E-state index contributed by atoms with van der Waals surface area (Å²) in [7, 11) is 0. The van der Waals surface area contributed by atoms with E-state index in [2.05, 4.69) is 19.9 Å². The summed E-state index contributed by atoms with van der Waals surface area (Å²) in [4.78, 5) is 28.3. The van der Waals surface area contributed by atoms with Gasteiger partial charge < -0.3 is 9.88 Å². The fraction of sp³-hybridized carbons (Fsp3) is 0.500. The van der Waals surface area contributed by atoms with Gasteiger partial charge in [-0.1, -0.05) is 0 Å². The first-order valence-electron chi connectivity index (χ1n) is 7.12. The third kappa shape index (κ3) is 3.48. The topological polar surface area (TPSA) is 65.1 Å². The Kier molecular flexibility index (Phi) is 4.31. The highest BCUT2D eigenvalue weighted by molar-refractivity contribution is 7.07. The van der Waals surface area contributed by atoms with Gasteiger partial charge in [-0.2, -0.15) is 0 Å². The number of nitrogens with one attached hydrogen (secondary N) is 1. The van der Waals surface area contributed by atoms with Gasteiger partial charge in [-0.25, -0.2) is 9.97 Å². The van der Waals surface area contributed by atoms with E-state index < -0.39 is 0 Å². The number of amides is 1. The summed E-state index contributed by atoms with van der Waals surface area (Å²) in [6.07, 6.45) is 2.83. The van der Waals surface area contributed by atoms with Crippen LogP contribution in [0.25, 0.3) is 0 Å². The number of aromatic amines is 1. The number of nitrogens with zero attached hydrogens (tertiary/aromatic N) is 4. The number of H-pyrrole nitrogens is 1. The zero-order chi connectivity index (χ0) is 14.7. The maximum Gasteiger partial charge on any atom is 0.273 e. The van der Waals surface area contributed by atoms with E-state index in [1.54, 1.807) is 5.51 Å². The summed E-state index contributed by atoms with van der Waals surface area (Å²) in [5, 5.41) is 1.82. The molecule has 6 nitrogen and oxygen atoms in total. The van der Waals surface area contributed by atoms with E-state index in [9.17, 15) is 4.79 Å². The van der Waals surface area contributed by atoms with Crippen LogP contribution in [0.3, 0.4) is 0 Å². The highest BCUT2D eigenvalue weighted by atomic mass is 32.1. The van der Waals surface area contributed by atoms with Crippen molar-refractivity contribution in [1.82, 2.24) is 24.8 Å². The molecular weight excluding hydrogens is 286 g/mol. The molecule has 0 bridgehead atoms. The van der Waals surface area contributed by atoms with Gasteiger partial charge in [0.2, 0.25) is 0 Å². The molecule has 1 aliphatic rings. The SMILES string of the molecule is Cc1cnc(CN2CCCN(C(=O)c3cscn3)CC2)[nH]1. The highest BCUT2D eigenvalue weighted by Crippen LogP contribution is 2.11. The lowest BCUT2D eigenvalue weighted by atomic mass is 10.3. The molecule has 0 atom stereocenters. The first-order valence-corrected chi connectivity index (χ1v) is 8.07. The molecule has 1 aliphatic heterocycles. The van der Waals surface area contributed by atoms with E-state index in [0.717, 1.165) is 50.7 Å². The Morgan fingerprint density at radius 2 is 2.24 bits per heavy atom. The van der Waals surface area contributed by atoms with Gasteiger partial charge in [0.1, 0.15) is 11.5 Å². The Morgan fingerprint density at radius 3 is 2.95 bits per heavy atom. The summed E-state index contributed by atoms with van der Waals surface area (Å²) in [6.45, 7) is 6.22. The molecule has 0 aromatic carbocycles. The fourth-order valence-electron chi connectivity index (χ4n) is 2.57. The van der Waals surface area contributed by atoms with Crippen LogP contribution in [-0.4, -0.2) is 56.8 Å². The molecule has 1 saturated heterocycles. The fourth-order valence-corrected chi connectivity index (χ4v) is 3.10. The lowest BCUT2D eigenvalue weighted by Gasteiger charge is -2.20. The number of carbonyl (C=O) groups is 1. The first kappa shape index (κ1) is 14.2. The van der Waals surface area contributed by atoms with Crippen molar-refractivity contribution in [2.45, 2.75) is 19.9 Å². The second kappa shape index (κ2) is 6.36. The number of thiazole rings is 1. The lowest BCUT2D eigenvalue weighted by molar-refractivity contribution is 0.0756. The number of rotatable bonds is 3. The van der Waals surface area contributed by atoms with E-state index in [-0.39, 0.29) is 5.91 Å². The summed E-state index contributed by atoms with van der Waals surface area (Å²) < 4.78 is 0.